The third-order valence-electron chi connectivity index (χ3n) is 2.94. The van der Waals surface area contributed by atoms with Gasteiger partial charge < -0.3 is 10.1 Å². The molecule has 0 saturated carbocycles. The van der Waals surface area contributed by atoms with Gasteiger partial charge in [0.05, 0.1) is 12.0 Å². The molecule has 1 aliphatic heterocycles. The summed E-state index contributed by atoms with van der Waals surface area (Å²) in [4.78, 5) is 19.7. The summed E-state index contributed by atoms with van der Waals surface area (Å²) in [6.45, 7) is 2.60. The molecule has 0 bridgehead atoms. The predicted octanol–water partition coefficient (Wildman–Crippen LogP) is 2.54. The lowest BCUT2D eigenvalue weighted by Gasteiger charge is -2.16. The maximum atomic E-state index is 12.1. The Balaban J connectivity index is 2.09. The van der Waals surface area contributed by atoms with Crippen molar-refractivity contribution in [3.8, 4) is 0 Å². The van der Waals surface area contributed by atoms with Crippen LogP contribution < -0.4 is 5.32 Å². The van der Waals surface area contributed by atoms with Crippen molar-refractivity contribution in [2.45, 2.75) is 25.9 Å². The molecule has 1 fully saturated rings. The molecule has 1 N–H and O–H groups in total. The highest BCUT2D eigenvalue weighted by atomic mass is 35.5. The van der Waals surface area contributed by atoms with Gasteiger partial charge in [-0.25, -0.2) is 9.97 Å². The van der Waals surface area contributed by atoms with Gasteiger partial charge >= 0.3 is 0 Å². The molecule has 0 radical (unpaired) electrons. The van der Waals surface area contributed by atoms with E-state index in [1.165, 1.54) is 6.33 Å². The summed E-state index contributed by atoms with van der Waals surface area (Å²) in [6, 6.07) is 0. The minimum atomic E-state index is -0.167. The molecule has 2 heterocycles. The zero-order valence-corrected chi connectivity index (χ0v) is 11.3. The van der Waals surface area contributed by atoms with Crippen LogP contribution in [0.25, 0.3) is 0 Å². The largest absolute Gasteiger partial charge is 0.377 e. The number of rotatable bonds is 3. The number of anilines is 1. The van der Waals surface area contributed by atoms with E-state index in [1.54, 1.807) is 0 Å². The van der Waals surface area contributed by atoms with Crippen molar-refractivity contribution in [1.82, 2.24) is 9.97 Å². The zero-order valence-electron chi connectivity index (χ0n) is 9.82. The van der Waals surface area contributed by atoms with Gasteiger partial charge in [-0.15, -0.1) is 0 Å². The lowest BCUT2D eigenvalue weighted by Crippen LogP contribution is -2.29. The quantitative estimate of drug-likeness (QED) is 0.869. The van der Waals surface area contributed by atoms with Crippen LogP contribution in [0.3, 0.4) is 0 Å². The molecule has 18 heavy (non-hydrogen) atoms. The average molecular weight is 290 g/mol. The molecule has 1 saturated heterocycles. The molecular weight excluding hydrogens is 277 g/mol. The van der Waals surface area contributed by atoms with Crippen LogP contribution in [0.2, 0.25) is 10.2 Å². The van der Waals surface area contributed by atoms with E-state index in [1.807, 2.05) is 6.92 Å². The summed E-state index contributed by atoms with van der Waals surface area (Å²) in [5.41, 5.74) is 0. The Hall–Kier alpha value is -0.910. The second-order valence-electron chi connectivity index (χ2n) is 4.03. The maximum absolute atomic E-state index is 12.1. The van der Waals surface area contributed by atoms with E-state index in [9.17, 15) is 4.79 Å². The van der Waals surface area contributed by atoms with Crippen LogP contribution in [0, 0.1) is 5.92 Å². The number of nitrogens with one attached hydrogen (secondary N) is 1. The van der Waals surface area contributed by atoms with Crippen LogP contribution in [0.1, 0.15) is 19.8 Å². The third kappa shape index (κ3) is 2.74. The van der Waals surface area contributed by atoms with E-state index in [4.69, 9.17) is 27.9 Å². The summed E-state index contributed by atoms with van der Waals surface area (Å²) in [6.07, 6.45) is 2.73. The molecule has 0 aliphatic carbocycles. The fourth-order valence-corrected chi connectivity index (χ4v) is 2.27. The number of ether oxygens (including phenoxy) is 1. The van der Waals surface area contributed by atoms with Crippen molar-refractivity contribution in [3.63, 3.8) is 0 Å². The van der Waals surface area contributed by atoms with Gasteiger partial charge in [0.25, 0.3) is 0 Å². The lowest BCUT2D eigenvalue weighted by atomic mass is 9.99. The van der Waals surface area contributed by atoms with Gasteiger partial charge in [-0.05, 0) is 12.8 Å². The van der Waals surface area contributed by atoms with Gasteiger partial charge in [0.2, 0.25) is 5.91 Å². The number of nitrogens with zero attached hydrogens (tertiary/aromatic N) is 2. The van der Waals surface area contributed by atoms with E-state index in [2.05, 4.69) is 15.3 Å². The Morgan fingerprint density at radius 1 is 1.56 bits per heavy atom. The van der Waals surface area contributed by atoms with Crippen LogP contribution in [0.15, 0.2) is 6.33 Å². The topological polar surface area (TPSA) is 64.1 Å². The summed E-state index contributed by atoms with van der Waals surface area (Å²) in [5.74, 6) is -0.0701. The van der Waals surface area contributed by atoms with Gasteiger partial charge in [0.15, 0.2) is 11.0 Å². The Kier molecular flexibility index (Phi) is 4.37. The van der Waals surface area contributed by atoms with Crippen LogP contribution in [-0.2, 0) is 9.53 Å². The van der Waals surface area contributed by atoms with Crippen molar-refractivity contribution in [3.05, 3.63) is 16.5 Å². The second-order valence-corrected chi connectivity index (χ2v) is 4.76. The Morgan fingerprint density at radius 2 is 2.33 bits per heavy atom. The van der Waals surface area contributed by atoms with E-state index >= 15 is 0 Å². The molecule has 2 unspecified atom stereocenters. The fourth-order valence-electron chi connectivity index (χ4n) is 2.00. The number of halogens is 2. The summed E-state index contributed by atoms with van der Waals surface area (Å²) < 4.78 is 5.47. The fraction of sp³-hybridized carbons (Fsp3) is 0.545. The van der Waals surface area contributed by atoms with Crippen molar-refractivity contribution in [2.75, 3.05) is 11.9 Å². The van der Waals surface area contributed by atoms with Gasteiger partial charge in [0, 0.05) is 6.61 Å². The molecule has 5 nitrogen and oxygen atoms in total. The van der Waals surface area contributed by atoms with E-state index in [0.29, 0.717) is 13.0 Å². The highest BCUT2D eigenvalue weighted by Crippen LogP contribution is 2.28. The van der Waals surface area contributed by atoms with Crippen molar-refractivity contribution in [1.29, 1.82) is 0 Å². The molecule has 2 atom stereocenters. The van der Waals surface area contributed by atoms with Crippen molar-refractivity contribution < 1.29 is 9.53 Å². The Bertz CT molecular complexity index is 456. The Labute approximate surface area is 115 Å². The van der Waals surface area contributed by atoms with Gasteiger partial charge in [-0.1, -0.05) is 30.1 Å². The van der Waals surface area contributed by atoms with Crippen LogP contribution >= 0.6 is 23.2 Å². The number of carbonyl (C=O) groups is 1. The van der Waals surface area contributed by atoms with Crippen molar-refractivity contribution >= 4 is 34.9 Å². The standard InChI is InChI=1S/C11H13Cl2N3O2/c1-2-7-6(3-4-18-7)11(17)16-10-8(12)9(13)14-5-15-10/h5-7H,2-4H2,1H3,(H,14,15,16,17). The normalized spacial score (nSPS) is 23.1. The molecule has 2 rings (SSSR count). The van der Waals surface area contributed by atoms with Crippen LogP contribution in [0.5, 0.6) is 0 Å². The lowest BCUT2D eigenvalue weighted by molar-refractivity contribution is -0.121. The number of hydrogen-bond acceptors (Lipinski definition) is 4. The summed E-state index contributed by atoms with van der Waals surface area (Å²) >= 11 is 11.7. The first-order valence-electron chi connectivity index (χ1n) is 5.72. The van der Waals surface area contributed by atoms with Crippen molar-refractivity contribution in [2.24, 2.45) is 5.92 Å². The average Bonchev–Trinajstić information content (AvgIpc) is 2.83. The molecule has 0 spiro atoms. The SMILES string of the molecule is CCC1OCCC1C(=O)Nc1ncnc(Cl)c1Cl. The second kappa shape index (κ2) is 5.82. The molecule has 0 aromatic carbocycles. The highest BCUT2D eigenvalue weighted by Gasteiger charge is 2.33. The predicted molar refractivity (Wildman–Crippen MR) is 68.8 cm³/mol. The zero-order chi connectivity index (χ0) is 13.1. The van der Waals surface area contributed by atoms with E-state index < -0.39 is 0 Å². The first-order valence-corrected chi connectivity index (χ1v) is 6.47. The highest BCUT2D eigenvalue weighted by molar-refractivity contribution is 6.42. The first-order chi connectivity index (χ1) is 8.63. The number of aromatic nitrogens is 2. The molecule has 1 aromatic heterocycles. The Morgan fingerprint density at radius 3 is 3.06 bits per heavy atom. The third-order valence-corrected chi connectivity index (χ3v) is 3.68. The molecular formula is C11H13Cl2N3O2. The van der Waals surface area contributed by atoms with E-state index in [-0.39, 0.29) is 33.9 Å². The molecule has 1 amide bonds. The minimum absolute atomic E-state index is 0.0407. The number of amides is 1. The van der Waals surface area contributed by atoms with E-state index in [0.717, 1.165) is 6.42 Å². The number of hydrogen-bond donors (Lipinski definition) is 1. The number of carbonyl (C=O) groups excluding carboxylic acids is 1. The smallest absolute Gasteiger partial charge is 0.231 e. The van der Waals surface area contributed by atoms with Gasteiger partial charge in [-0.3, -0.25) is 4.79 Å². The van der Waals surface area contributed by atoms with Gasteiger partial charge in [0.1, 0.15) is 11.3 Å². The summed E-state index contributed by atoms with van der Waals surface area (Å²) in [7, 11) is 0. The van der Waals surface area contributed by atoms with Crippen LogP contribution in [-0.4, -0.2) is 28.6 Å². The molecule has 7 heteroatoms. The monoisotopic (exact) mass is 289 g/mol. The molecule has 1 aliphatic rings. The minimum Gasteiger partial charge on any atom is -0.377 e. The van der Waals surface area contributed by atoms with Crippen LogP contribution in [0.4, 0.5) is 5.82 Å². The first kappa shape index (κ1) is 13.5. The summed E-state index contributed by atoms with van der Waals surface area (Å²) in [5, 5.41) is 2.95. The van der Waals surface area contributed by atoms with Gasteiger partial charge in [-0.2, -0.15) is 0 Å². The maximum Gasteiger partial charge on any atom is 0.231 e. The molecule has 98 valence electrons. The molecule has 1 aromatic rings.